The summed E-state index contributed by atoms with van der Waals surface area (Å²) in [6.45, 7) is 6.25. The van der Waals surface area contributed by atoms with E-state index in [9.17, 15) is 9.59 Å². The number of para-hydroxylation sites is 1. The van der Waals surface area contributed by atoms with Gasteiger partial charge in [0.05, 0.1) is 0 Å². The monoisotopic (exact) mass is 370 g/mol. The molecule has 1 aliphatic rings. The predicted molar refractivity (Wildman–Crippen MR) is 108 cm³/mol. The second-order valence-corrected chi connectivity index (χ2v) is 7.59. The molecule has 1 aromatic carbocycles. The number of piperazine rings is 1. The summed E-state index contributed by atoms with van der Waals surface area (Å²) in [4.78, 5) is 29.3. The summed E-state index contributed by atoms with van der Waals surface area (Å²) in [7, 11) is 3.66. The number of aromatic nitrogens is 1. The van der Waals surface area contributed by atoms with E-state index in [0.717, 1.165) is 6.54 Å². The van der Waals surface area contributed by atoms with Crippen molar-refractivity contribution in [3.63, 3.8) is 0 Å². The fourth-order valence-electron chi connectivity index (χ4n) is 3.97. The van der Waals surface area contributed by atoms with Crippen molar-refractivity contribution in [2.45, 2.75) is 38.8 Å². The van der Waals surface area contributed by atoms with Gasteiger partial charge in [0.2, 0.25) is 11.8 Å². The number of rotatable bonds is 5. The minimum atomic E-state index is -0.411. The van der Waals surface area contributed by atoms with Crippen LogP contribution in [0.15, 0.2) is 30.5 Å². The van der Waals surface area contributed by atoms with Crippen LogP contribution in [0.4, 0.5) is 0 Å². The van der Waals surface area contributed by atoms with Crippen molar-refractivity contribution in [1.82, 2.24) is 19.7 Å². The number of nitrogens with one attached hydrogen (secondary N) is 1. The van der Waals surface area contributed by atoms with Gasteiger partial charge in [0, 0.05) is 63.3 Å². The smallest absolute Gasteiger partial charge is 0.243 e. The van der Waals surface area contributed by atoms with Crippen LogP contribution in [-0.2, 0) is 23.1 Å². The van der Waals surface area contributed by atoms with Gasteiger partial charge in [-0.15, -0.1) is 0 Å². The third kappa shape index (κ3) is 4.00. The molecular formula is C21H30N4O2. The normalized spacial score (nSPS) is 18.3. The van der Waals surface area contributed by atoms with Crippen molar-refractivity contribution in [2.24, 2.45) is 7.05 Å². The molecule has 0 bridgehead atoms. The summed E-state index contributed by atoms with van der Waals surface area (Å²) < 4.78 is 2.10. The molecule has 146 valence electrons. The Hall–Kier alpha value is -2.34. The van der Waals surface area contributed by atoms with Gasteiger partial charge < -0.3 is 14.8 Å². The molecule has 2 aromatic rings. The van der Waals surface area contributed by atoms with Gasteiger partial charge in [-0.25, -0.2) is 0 Å². The van der Waals surface area contributed by atoms with E-state index in [1.165, 1.54) is 16.5 Å². The van der Waals surface area contributed by atoms with Gasteiger partial charge in [-0.1, -0.05) is 18.2 Å². The molecule has 3 rings (SSSR count). The maximum absolute atomic E-state index is 12.9. The Labute approximate surface area is 161 Å². The highest BCUT2D eigenvalue weighted by Gasteiger charge is 2.35. The fraction of sp³-hybridized carbons (Fsp3) is 0.524. The molecule has 0 spiro atoms. The molecule has 1 fully saturated rings. The topological polar surface area (TPSA) is 57.6 Å². The predicted octanol–water partition coefficient (Wildman–Crippen LogP) is 1.78. The standard InChI is InChI=1S/C21H30N4O2/c1-15(2)24-11-12-25(19(14-24)21(27)22-3)20(26)10-9-16-13-23(4)18-8-6-5-7-17(16)18/h5-8,13,15,19H,9-12,14H2,1-4H3,(H,22,27). The van der Waals surface area contributed by atoms with Crippen LogP contribution in [0, 0.1) is 0 Å². The largest absolute Gasteiger partial charge is 0.357 e. The number of hydrogen-bond donors (Lipinski definition) is 1. The average Bonchev–Trinajstić information content (AvgIpc) is 3.01. The van der Waals surface area contributed by atoms with Crippen LogP contribution in [0.2, 0.25) is 0 Å². The van der Waals surface area contributed by atoms with E-state index in [4.69, 9.17) is 0 Å². The maximum atomic E-state index is 12.9. The highest BCUT2D eigenvalue weighted by Crippen LogP contribution is 2.22. The van der Waals surface area contributed by atoms with Crippen LogP contribution in [-0.4, -0.2) is 64.9 Å². The first-order valence-electron chi connectivity index (χ1n) is 9.70. The average molecular weight is 370 g/mol. The van der Waals surface area contributed by atoms with Gasteiger partial charge in [-0.2, -0.15) is 0 Å². The number of fused-ring (bicyclic) bond motifs is 1. The van der Waals surface area contributed by atoms with Crippen LogP contribution in [0.1, 0.15) is 25.8 Å². The van der Waals surface area contributed by atoms with Gasteiger partial charge in [0.25, 0.3) is 0 Å². The van der Waals surface area contributed by atoms with Gasteiger partial charge in [0.15, 0.2) is 0 Å². The summed E-state index contributed by atoms with van der Waals surface area (Å²) in [5.74, 6) is -0.0289. The number of aryl methyl sites for hydroxylation is 2. The number of nitrogens with zero attached hydrogens (tertiary/aromatic N) is 3. The number of amides is 2. The molecule has 1 aromatic heterocycles. The summed E-state index contributed by atoms with van der Waals surface area (Å²) in [5.41, 5.74) is 2.35. The third-order valence-corrected chi connectivity index (χ3v) is 5.60. The van der Waals surface area contributed by atoms with Gasteiger partial charge in [-0.05, 0) is 31.9 Å². The lowest BCUT2D eigenvalue weighted by molar-refractivity contribution is -0.144. The lowest BCUT2D eigenvalue weighted by Crippen LogP contribution is -2.61. The molecule has 0 aliphatic carbocycles. The Morgan fingerprint density at radius 1 is 1.22 bits per heavy atom. The van der Waals surface area contributed by atoms with E-state index >= 15 is 0 Å². The zero-order valence-electron chi connectivity index (χ0n) is 16.7. The highest BCUT2D eigenvalue weighted by atomic mass is 16.2. The zero-order chi connectivity index (χ0) is 19.6. The molecule has 2 amide bonds. The molecular weight excluding hydrogens is 340 g/mol. The van der Waals surface area contributed by atoms with E-state index in [-0.39, 0.29) is 11.8 Å². The van der Waals surface area contributed by atoms with E-state index in [1.807, 2.05) is 19.2 Å². The van der Waals surface area contributed by atoms with Crippen molar-refractivity contribution < 1.29 is 9.59 Å². The summed E-state index contributed by atoms with van der Waals surface area (Å²) >= 11 is 0. The first-order chi connectivity index (χ1) is 12.9. The Bertz CT molecular complexity index is 827. The van der Waals surface area contributed by atoms with Crippen molar-refractivity contribution in [3.8, 4) is 0 Å². The lowest BCUT2D eigenvalue weighted by Gasteiger charge is -2.42. The van der Waals surface area contributed by atoms with E-state index in [0.29, 0.717) is 32.0 Å². The molecule has 27 heavy (non-hydrogen) atoms. The minimum absolute atomic E-state index is 0.0555. The molecule has 2 heterocycles. The number of hydrogen-bond acceptors (Lipinski definition) is 3. The SMILES string of the molecule is CNC(=O)C1CN(C(C)C)CCN1C(=O)CCc1cn(C)c2ccccc12. The quantitative estimate of drug-likeness (QED) is 0.873. The number of carbonyl (C=O) groups excluding carboxylic acids is 2. The summed E-state index contributed by atoms with van der Waals surface area (Å²) in [6, 6.07) is 8.20. The Kier molecular flexibility index (Phi) is 5.85. The molecule has 1 aliphatic heterocycles. The van der Waals surface area contributed by atoms with Crippen molar-refractivity contribution >= 4 is 22.7 Å². The molecule has 1 unspecified atom stereocenters. The summed E-state index contributed by atoms with van der Waals surface area (Å²) in [5, 5.41) is 3.91. The maximum Gasteiger partial charge on any atom is 0.243 e. The summed E-state index contributed by atoms with van der Waals surface area (Å²) in [6.07, 6.45) is 3.21. The molecule has 0 saturated carbocycles. The minimum Gasteiger partial charge on any atom is -0.357 e. The Balaban J connectivity index is 1.71. The highest BCUT2D eigenvalue weighted by molar-refractivity contribution is 5.89. The first-order valence-corrected chi connectivity index (χ1v) is 9.70. The molecule has 1 saturated heterocycles. The zero-order valence-corrected chi connectivity index (χ0v) is 16.7. The number of likely N-dealkylation sites (N-methyl/N-ethyl adjacent to an activating group) is 1. The molecule has 1 atom stereocenters. The van der Waals surface area contributed by atoms with E-state index in [1.54, 1.807) is 11.9 Å². The van der Waals surface area contributed by atoms with Crippen LogP contribution in [0.5, 0.6) is 0 Å². The molecule has 6 heteroatoms. The second kappa shape index (κ2) is 8.13. The fourth-order valence-corrected chi connectivity index (χ4v) is 3.97. The van der Waals surface area contributed by atoms with Gasteiger partial charge in [-0.3, -0.25) is 14.5 Å². The van der Waals surface area contributed by atoms with Crippen molar-refractivity contribution in [3.05, 3.63) is 36.0 Å². The Morgan fingerprint density at radius 2 is 1.96 bits per heavy atom. The lowest BCUT2D eigenvalue weighted by atomic mass is 10.1. The van der Waals surface area contributed by atoms with Crippen molar-refractivity contribution in [1.29, 1.82) is 0 Å². The van der Waals surface area contributed by atoms with Crippen LogP contribution in [0.3, 0.4) is 0 Å². The number of carbonyl (C=O) groups is 2. The molecule has 1 N–H and O–H groups in total. The third-order valence-electron chi connectivity index (χ3n) is 5.60. The molecule has 6 nitrogen and oxygen atoms in total. The van der Waals surface area contributed by atoms with Crippen molar-refractivity contribution in [2.75, 3.05) is 26.7 Å². The van der Waals surface area contributed by atoms with Crippen LogP contribution in [0.25, 0.3) is 10.9 Å². The number of benzene rings is 1. The van der Waals surface area contributed by atoms with Crippen LogP contribution >= 0.6 is 0 Å². The van der Waals surface area contributed by atoms with Crippen LogP contribution < -0.4 is 5.32 Å². The van der Waals surface area contributed by atoms with Gasteiger partial charge in [0.1, 0.15) is 6.04 Å². The van der Waals surface area contributed by atoms with E-state index < -0.39 is 6.04 Å². The Morgan fingerprint density at radius 3 is 2.67 bits per heavy atom. The second-order valence-electron chi connectivity index (χ2n) is 7.59. The van der Waals surface area contributed by atoms with Gasteiger partial charge >= 0.3 is 0 Å². The molecule has 0 radical (unpaired) electrons. The first kappa shape index (κ1) is 19.4. The van der Waals surface area contributed by atoms with E-state index in [2.05, 4.69) is 47.0 Å².